The molecule has 0 saturated carbocycles. The second-order valence-corrected chi connectivity index (χ2v) is 5.01. The van der Waals surface area contributed by atoms with E-state index < -0.39 is 5.97 Å². The molecule has 0 aromatic heterocycles. The van der Waals surface area contributed by atoms with E-state index in [1.54, 1.807) is 12.1 Å². The van der Waals surface area contributed by atoms with Crippen LogP contribution in [0.25, 0.3) is 0 Å². The van der Waals surface area contributed by atoms with E-state index in [-0.39, 0.29) is 5.56 Å². The SMILES string of the molecule is CSC(=S)Nc1ccc(Br)cc1C(=O)O. The highest BCUT2D eigenvalue weighted by Crippen LogP contribution is 2.22. The van der Waals surface area contributed by atoms with Crippen molar-refractivity contribution in [3.8, 4) is 0 Å². The van der Waals surface area contributed by atoms with Gasteiger partial charge in [-0.05, 0) is 24.5 Å². The molecule has 3 nitrogen and oxygen atoms in total. The first-order valence-electron chi connectivity index (χ1n) is 3.92. The molecule has 0 amide bonds. The Hall–Kier alpha value is -0.590. The van der Waals surface area contributed by atoms with E-state index in [1.807, 2.05) is 6.26 Å². The third kappa shape index (κ3) is 3.48. The number of hydrogen-bond donors (Lipinski definition) is 2. The van der Waals surface area contributed by atoms with Crippen LogP contribution in [-0.4, -0.2) is 21.7 Å². The van der Waals surface area contributed by atoms with E-state index in [9.17, 15) is 4.79 Å². The van der Waals surface area contributed by atoms with Crippen molar-refractivity contribution in [2.45, 2.75) is 0 Å². The zero-order chi connectivity index (χ0) is 11.4. The van der Waals surface area contributed by atoms with Crippen LogP contribution in [0.15, 0.2) is 22.7 Å². The lowest BCUT2D eigenvalue weighted by molar-refractivity contribution is 0.0698. The number of thiocarbonyl (C=S) groups is 1. The van der Waals surface area contributed by atoms with Gasteiger partial charge in [-0.2, -0.15) is 0 Å². The van der Waals surface area contributed by atoms with E-state index in [1.165, 1.54) is 17.8 Å². The number of rotatable bonds is 2. The lowest BCUT2D eigenvalue weighted by Gasteiger charge is -2.08. The van der Waals surface area contributed by atoms with Crippen LogP contribution in [-0.2, 0) is 0 Å². The smallest absolute Gasteiger partial charge is 0.337 e. The summed E-state index contributed by atoms with van der Waals surface area (Å²) < 4.78 is 1.26. The Balaban J connectivity index is 3.06. The molecule has 0 spiro atoms. The Morgan fingerprint density at radius 1 is 1.60 bits per heavy atom. The molecule has 0 aliphatic carbocycles. The van der Waals surface area contributed by atoms with Crippen molar-refractivity contribution in [1.82, 2.24) is 0 Å². The number of hydrogen-bond acceptors (Lipinski definition) is 3. The molecule has 0 bridgehead atoms. The van der Waals surface area contributed by atoms with Crippen LogP contribution in [0.1, 0.15) is 10.4 Å². The predicted molar refractivity (Wildman–Crippen MR) is 70.8 cm³/mol. The van der Waals surface area contributed by atoms with E-state index in [0.29, 0.717) is 10.0 Å². The van der Waals surface area contributed by atoms with Gasteiger partial charge in [0.15, 0.2) is 0 Å². The average Bonchev–Trinajstić information content (AvgIpc) is 2.20. The standard InChI is InChI=1S/C9H8BrNO2S2/c1-15-9(14)11-7-3-2-5(10)4-6(7)8(12)13/h2-4H,1H3,(H,11,14)(H,12,13). The van der Waals surface area contributed by atoms with E-state index in [4.69, 9.17) is 17.3 Å². The second kappa shape index (κ2) is 5.48. The Morgan fingerprint density at radius 3 is 2.80 bits per heavy atom. The molecule has 0 unspecified atom stereocenters. The van der Waals surface area contributed by atoms with E-state index >= 15 is 0 Å². The van der Waals surface area contributed by atoms with Gasteiger partial charge < -0.3 is 10.4 Å². The number of carbonyl (C=O) groups is 1. The summed E-state index contributed by atoms with van der Waals surface area (Å²) in [4.78, 5) is 10.9. The number of anilines is 1. The van der Waals surface area contributed by atoms with Crippen molar-refractivity contribution in [2.75, 3.05) is 11.6 Å². The number of carboxylic acids is 1. The van der Waals surface area contributed by atoms with Crippen molar-refractivity contribution in [2.24, 2.45) is 0 Å². The first-order chi connectivity index (χ1) is 7.04. The zero-order valence-corrected chi connectivity index (χ0v) is 11.0. The predicted octanol–water partition coefficient (Wildman–Crippen LogP) is 3.21. The highest BCUT2D eigenvalue weighted by Gasteiger charge is 2.11. The van der Waals surface area contributed by atoms with Crippen LogP contribution < -0.4 is 5.32 Å². The summed E-state index contributed by atoms with van der Waals surface area (Å²) in [5.74, 6) is -0.984. The summed E-state index contributed by atoms with van der Waals surface area (Å²) in [5.41, 5.74) is 0.700. The molecule has 80 valence electrons. The molecule has 0 aliphatic heterocycles. The van der Waals surface area contributed by atoms with Crippen molar-refractivity contribution in [3.63, 3.8) is 0 Å². The number of benzene rings is 1. The van der Waals surface area contributed by atoms with Gasteiger partial charge in [0.2, 0.25) is 0 Å². The van der Waals surface area contributed by atoms with Gasteiger partial charge >= 0.3 is 5.97 Å². The third-order valence-electron chi connectivity index (χ3n) is 1.63. The molecular formula is C9H8BrNO2S2. The minimum atomic E-state index is -0.984. The quantitative estimate of drug-likeness (QED) is 0.822. The van der Waals surface area contributed by atoms with Gasteiger partial charge in [0.1, 0.15) is 4.32 Å². The highest BCUT2D eigenvalue weighted by atomic mass is 79.9. The van der Waals surface area contributed by atoms with E-state index in [2.05, 4.69) is 21.2 Å². The molecule has 1 aromatic carbocycles. The maximum atomic E-state index is 10.9. The van der Waals surface area contributed by atoms with Crippen molar-refractivity contribution in [3.05, 3.63) is 28.2 Å². The van der Waals surface area contributed by atoms with Crippen LogP contribution >= 0.6 is 39.9 Å². The summed E-state index contributed by atoms with van der Waals surface area (Å²) in [7, 11) is 0. The maximum Gasteiger partial charge on any atom is 0.337 e. The molecule has 1 rings (SSSR count). The molecule has 1 aromatic rings. The zero-order valence-electron chi connectivity index (χ0n) is 7.78. The number of carboxylic acid groups (broad SMARTS) is 1. The molecule has 15 heavy (non-hydrogen) atoms. The van der Waals surface area contributed by atoms with Gasteiger partial charge in [-0.3, -0.25) is 0 Å². The second-order valence-electron chi connectivity index (χ2n) is 2.61. The van der Waals surface area contributed by atoms with Gasteiger partial charge in [0, 0.05) is 4.47 Å². The van der Waals surface area contributed by atoms with Gasteiger partial charge in [0.25, 0.3) is 0 Å². The number of halogens is 1. The molecule has 0 saturated heterocycles. The Kier molecular flexibility index (Phi) is 4.56. The van der Waals surface area contributed by atoms with Crippen molar-refractivity contribution < 1.29 is 9.90 Å². The fourth-order valence-electron chi connectivity index (χ4n) is 0.963. The molecule has 0 radical (unpaired) electrons. The van der Waals surface area contributed by atoms with Gasteiger partial charge in [0.05, 0.1) is 11.3 Å². The Labute approximate surface area is 105 Å². The molecule has 0 heterocycles. The van der Waals surface area contributed by atoms with Crippen molar-refractivity contribution >= 4 is 55.9 Å². The van der Waals surface area contributed by atoms with Gasteiger partial charge in [-0.15, -0.1) is 11.8 Å². The fraction of sp³-hybridized carbons (Fsp3) is 0.111. The molecule has 0 aliphatic rings. The summed E-state index contributed by atoms with van der Waals surface area (Å²) in [6.45, 7) is 0. The maximum absolute atomic E-state index is 10.9. The Morgan fingerprint density at radius 2 is 2.27 bits per heavy atom. The first kappa shape index (κ1) is 12.5. The monoisotopic (exact) mass is 305 g/mol. The first-order valence-corrected chi connectivity index (χ1v) is 6.35. The van der Waals surface area contributed by atoms with Crippen LogP contribution in [0, 0.1) is 0 Å². The number of nitrogens with one attached hydrogen (secondary N) is 1. The highest BCUT2D eigenvalue weighted by molar-refractivity contribution is 9.10. The van der Waals surface area contributed by atoms with Crippen LogP contribution in [0.5, 0.6) is 0 Å². The van der Waals surface area contributed by atoms with Gasteiger partial charge in [-0.1, -0.05) is 28.1 Å². The van der Waals surface area contributed by atoms with E-state index in [0.717, 1.165) is 4.47 Å². The number of thioether (sulfide) groups is 1. The fourth-order valence-corrected chi connectivity index (χ4v) is 1.65. The minimum absolute atomic E-state index is 0.195. The summed E-state index contributed by atoms with van der Waals surface area (Å²) >= 11 is 9.54. The normalized spacial score (nSPS) is 9.73. The molecular weight excluding hydrogens is 298 g/mol. The van der Waals surface area contributed by atoms with Crippen LogP contribution in [0.3, 0.4) is 0 Å². The lowest BCUT2D eigenvalue weighted by Crippen LogP contribution is -2.09. The summed E-state index contributed by atoms with van der Waals surface area (Å²) in [5, 5.41) is 11.8. The molecule has 0 atom stereocenters. The summed E-state index contributed by atoms with van der Waals surface area (Å²) in [6, 6.07) is 4.97. The average molecular weight is 306 g/mol. The van der Waals surface area contributed by atoms with Crippen LogP contribution in [0.4, 0.5) is 5.69 Å². The largest absolute Gasteiger partial charge is 0.478 e. The molecule has 0 fully saturated rings. The number of aromatic carboxylic acids is 1. The molecule has 2 N–H and O–H groups in total. The third-order valence-corrected chi connectivity index (χ3v) is 3.20. The molecule has 6 heteroatoms. The Bertz CT molecular complexity index is 409. The minimum Gasteiger partial charge on any atom is -0.478 e. The topological polar surface area (TPSA) is 49.3 Å². The van der Waals surface area contributed by atoms with Crippen LogP contribution in [0.2, 0.25) is 0 Å². The lowest BCUT2D eigenvalue weighted by atomic mass is 10.2. The summed E-state index contributed by atoms with van der Waals surface area (Å²) in [6.07, 6.45) is 1.83. The van der Waals surface area contributed by atoms with Crippen molar-refractivity contribution in [1.29, 1.82) is 0 Å². The van der Waals surface area contributed by atoms with Gasteiger partial charge in [-0.25, -0.2) is 4.79 Å².